The minimum absolute atomic E-state index is 0.0423. The Balaban J connectivity index is 1.50. The number of nitrogens with zero attached hydrogens (tertiary/aromatic N) is 2. The van der Waals surface area contributed by atoms with Gasteiger partial charge in [-0.25, -0.2) is 9.78 Å². The van der Waals surface area contributed by atoms with Crippen LogP contribution < -0.4 is 0 Å². The third kappa shape index (κ3) is 2.52. The number of aromatic nitrogens is 2. The first-order chi connectivity index (χ1) is 11.1. The summed E-state index contributed by atoms with van der Waals surface area (Å²) in [6.07, 6.45) is 2.38. The van der Waals surface area contributed by atoms with Crippen molar-refractivity contribution in [2.75, 3.05) is 0 Å². The SMILES string of the molecule is Cc1cc(C(=O)OCc2nc3ccccc3o2)c(C)n1C1CC1. The molecule has 2 heterocycles. The van der Waals surface area contributed by atoms with Gasteiger partial charge in [-0.05, 0) is 44.9 Å². The van der Waals surface area contributed by atoms with Gasteiger partial charge in [0.15, 0.2) is 12.2 Å². The molecule has 5 heteroatoms. The normalized spacial score (nSPS) is 14.3. The van der Waals surface area contributed by atoms with Gasteiger partial charge in [0.2, 0.25) is 5.89 Å². The summed E-state index contributed by atoms with van der Waals surface area (Å²) in [7, 11) is 0. The van der Waals surface area contributed by atoms with Gasteiger partial charge in [0.05, 0.1) is 5.56 Å². The second-order valence-corrected chi connectivity index (χ2v) is 6.04. The van der Waals surface area contributed by atoms with E-state index in [1.807, 2.05) is 44.2 Å². The molecule has 2 aromatic heterocycles. The van der Waals surface area contributed by atoms with Crippen molar-refractivity contribution in [3.63, 3.8) is 0 Å². The monoisotopic (exact) mass is 310 g/mol. The molecule has 0 atom stereocenters. The van der Waals surface area contributed by atoms with Crippen molar-refractivity contribution in [1.82, 2.24) is 9.55 Å². The van der Waals surface area contributed by atoms with E-state index in [-0.39, 0.29) is 12.6 Å². The standard InChI is InChI=1S/C18H18N2O3/c1-11-9-14(12(2)20(11)13-7-8-13)18(21)22-10-17-19-15-5-3-4-6-16(15)23-17/h3-6,9,13H,7-8,10H2,1-2H3. The summed E-state index contributed by atoms with van der Waals surface area (Å²) in [5.41, 5.74) is 4.19. The van der Waals surface area contributed by atoms with Gasteiger partial charge >= 0.3 is 5.97 Å². The second kappa shape index (κ2) is 5.26. The number of ether oxygens (including phenoxy) is 1. The third-order valence-electron chi connectivity index (χ3n) is 4.28. The molecule has 3 aromatic rings. The van der Waals surface area contributed by atoms with Crippen LogP contribution in [0.25, 0.3) is 11.1 Å². The summed E-state index contributed by atoms with van der Waals surface area (Å²) >= 11 is 0. The Labute approximate surface area is 133 Å². The molecular formula is C18H18N2O3. The van der Waals surface area contributed by atoms with Crippen molar-refractivity contribution in [1.29, 1.82) is 0 Å². The number of para-hydroxylation sites is 2. The Hall–Kier alpha value is -2.56. The van der Waals surface area contributed by atoms with E-state index in [1.165, 1.54) is 12.8 Å². The number of benzene rings is 1. The Morgan fingerprint density at radius 1 is 1.35 bits per heavy atom. The Morgan fingerprint density at radius 3 is 2.87 bits per heavy atom. The van der Waals surface area contributed by atoms with Crippen molar-refractivity contribution in [2.45, 2.75) is 39.3 Å². The molecule has 0 saturated heterocycles. The highest BCUT2D eigenvalue weighted by atomic mass is 16.5. The van der Waals surface area contributed by atoms with Crippen LogP contribution in [0.2, 0.25) is 0 Å². The summed E-state index contributed by atoms with van der Waals surface area (Å²) in [5.74, 6) is 0.0859. The predicted molar refractivity (Wildman–Crippen MR) is 85.3 cm³/mol. The number of oxazole rings is 1. The fraction of sp³-hybridized carbons (Fsp3) is 0.333. The van der Waals surface area contributed by atoms with Gasteiger partial charge in [0.1, 0.15) is 5.52 Å². The van der Waals surface area contributed by atoms with E-state index < -0.39 is 0 Å². The zero-order valence-electron chi connectivity index (χ0n) is 13.2. The van der Waals surface area contributed by atoms with E-state index in [2.05, 4.69) is 9.55 Å². The third-order valence-corrected chi connectivity index (χ3v) is 4.28. The molecule has 1 fully saturated rings. The summed E-state index contributed by atoms with van der Waals surface area (Å²) in [6, 6.07) is 9.95. The maximum atomic E-state index is 12.4. The van der Waals surface area contributed by atoms with Crippen LogP contribution in [0.1, 0.15) is 46.5 Å². The largest absolute Gasteiger partial charge is 0.452 e. The van der Waals surface area contributed by atoms with Gasteiger partial charge in [0, 0.05) is 17.4 Å². The van der Waals surface area contributed by atoms with E-state index in [4.69, 9.17) is 9.15 Å². The van der Waals surface area contributed by atoms with Crippen LogP contribution >= 0.6 is 0 Å². The summed E-state index contributed by atoms with van der Waals surface area (Å²) in [6.45, 7) is 4.05. The predicted octanol–water partition coefficient (Wildman–Crippen LogP) is 3.94. The molecule has 1 aliphatic rings. The van der Waals surface area contributed by atoms with Crippen molar-refractivity contribution in [3.8, 4) is 0 Å². The van der Waals surface area contributed by atoms with E-state index in [1.54, 1.807) is 0 Å². The lowest BCUT2D eigenvalue weighted by Crippen LogP contribution is -2.07. The molecule has 4 rings (SSSR count). The maximum Gasteiger partial charge on any atom is 0.340 e. The number of hydrogen-bond acceptors (Lipinski definition) is 4. The van der Waals surface area contributed by atoms with Crippen LogP contribution in [0.15, 0.2) is 34.7 Å². The van der Waals surface area contributed by atoms with Gasteiger partial charge < -0.3 is 13.7 Å². The van der Waals surface area contributed by atoms with E-state index in [0.29, 0.717) is 23.1 Å². The molecule has 5 nitrogen and oxygen atoms in total. The fourth-order valence-electron chi connectivity index (χ4n) is 3.07. The average molecular weight is 310 g/mol. The van der Waals surface area contributed by atoms with Crippen LogP contribution in [-0.4, -0.2) is 15.5 Å². The zero-order valence-corrected chi connectivity index (χ0v) is 13.2. The van der Waals surface area contributed by atoms with Crippen molar-refractivity contribution >= 4 is 17.1 Å². The van der Waals surface area contributed by atoms with Gasteiger partial charge in [-0.1, -0.05) is 12.1 Å². The molecule has 0 amide bonds. The lowest BCUT2D eigenvalue weighted by Gasteiger charge is -2.07. The smallest absolute Gasteiger partial charge is 0.340 e. The minimum atomic E-state index is -0.327. The molecule has 1 aromatic carbocycles. The van der Waals surface area contributed by atoms with Gasteiger partial charge in [0.25, 0.3) is 0 Å². The zero-order chi connectivity index (χ0) is 16.0. The lowest BCUT2D eigenvalue weighted by atomic mass is 10.2. The van der Waals surface area contributed by atoms with Crippen molar-refractivity contribution < 1.29 is 13.9 Å². The van der Waals surface area contributed by atoms with E-state index in [0.717, 1.165) is 16.9 Å². The summed E-state index contributed by atoms with van der Waals surface area (Å²) in [4.78, 5) is 16.7. The highest BCUT2D eigenvalue weighted by Gasteiger charge is 2.28. The van der Waals surface area contributed by atoms with Crippen molar-refractivity contribution in [2.24, 2.45) is 0 Å². The molecule has 118 valence electrons. The highest BCUT2D eigenvalue weighted by molar-refractivity contribution is 5.91. The summed E-state index contributed by atoms with van der Waals surface area (Å²) < 4.78 is 13.2. The Bertz CT molecular complexity index is 854. The number of fused-ring (bicyclic) bond motifs is 1. The van der Waals surface area contributed by atoms with Crippen molar-refractivity contribution in [3.05, 3.63) is 53.2 Å². The van der Waals surface area contributed by atoms with Gasteiger partial charge in [-0.3, -0.25) is 0 Å². The first-order valence-electron chi connectivity index (χ1n) is 7.83. The molecule has 0 aliphatic heterocycles. The molecule has 0 unspecified atom stereocenters. The molecule has 0 spiro atoms. The molecule has 1 saturated carbocycles. The lowest BCUT2D eigenvalue weighted by molar-refractivity contribution is 0.0439. The minimum Gasteiger partial charge on any atom is -0.452 e. The first kappa shape index (κ1) is 14.1. The number of rotatable bonds is 4. The quantitative estimate of drug-likeness (QED) is 0.685. The number of esters is 1. The fourth-order valence-corrected chi connectivity index (χ4v) is 3.07. The molecular weight excluding hydrogens is 292 g/mol. The number of hydrogen-bond donors (Lipinski definition) is 0. The number of aryl methyl sites for hydroxylation is 1. The van der Waals surface area contributed by atoms with E-state index in [9.17, 15) is 4.79 Å². The number of carbonyl (C=O) groups is 1. The maximum absolute atomic E-state index is 12.4. The van der Waals surface area contributed by atoms with Gasteiger partial charge in [-0.15, -0.1) is 0 Å². The van der Waals surface area contributed by atoms with Crippen LogP contribution in [0.5, 0.6) is 0 Å². The highest BCUT2D eigenvalue weighted by Crippen LogP contribution is 2.38. The molecule has 0 radical (unpaired) electrons. The molecule has 1 aliphatic carbocycles. The molecule has 0 bridgehead atoms. The average Bonchev–Trinajstić information content (AvgIpc) is 3.20. The molecule has 0 N–H and O–H groups in total. The first-order valence-corrected chi connectivity index (χ1v) is 7.83. The molecule has 23 heavy (non-hydrogen) atoms. The van der Waals surface area contributed by atoms with Crippen LogP contribution in [0.3, 0.4) is 0 Å². The number of carbonyl (C=O) groups excluding carboxylic acids is 1. The van der Waals surface area contributed by atoms with Crippen LogP contribution in [0.4, 0.5) is 0 Å². The van der Waals surface area contributed by atoms with E-state index >= 15 is 0 Å². The van der Waals surface area contributed by atoms with Crippen LogP contribution in [-0.2, 0) is 11.3 Å². The Morgan fingerprint density at radius 2 is 2.13 bits per heavy atom. The Kier molecular flexibility index (Phi) is 3.22. The topological polar surface area (TPSA) is 57.3 Å². The van der Waals surface area contributed by atoms with Gasteiger partial charge in [-0.2, -0.15) is 0 Å². The second-order valence-electron chi connectivity index (χ2n) is 6.04. The van der Waals surface area contributed by atoms with Crippen LogP contribution in [0, 0.1) is 13.8 Å². The summed E-state index contributed by atoms with van der Waals surface area (Å²) in [5, 5.41) is 0.